The Hall–Kier alpha value is -3.16. The Balaban J connectivity index is 1.84. The van der Waals surface area contributed by atoms with E-state index in [0.29, 0.717) is 41.7 Å². The number of pyridine rings is 1. The molecule has 140 valence electrons. The quantitative estimate of drug-likeness (QED) is 0.408. The number of aryl methyl sites for hydroxylation is 1. The molecule has 0 radical (unpaired) electrons. The van der Waals surface area contributed by atoms with E-state index in [0.717, 1.165) is 11.6 Å². The van der Waals surface area contributed by atoms with Gasteiger partial charge in [-0.15, -0.1) is 0 Å². The molecule has 27 heavy (non-hydrogen) atoms. The number of halogens is 3. The molecule has 0 saturated heterocycles. The minimum absolute atomic E-state index is 0.0927. The van der Waals surface area contributed by atoms with Crippen molar-refractivity contribution < 1.29 is 17.9 Å². The van der Waals surface area contributed by atoms with Crippen molar-refractivity contribution in [2.24, 2.45) is 0 Å². The summed E-state index contributed by atoms with van der Waals surface area (Å²) in [6.07, 6.45) is 3.97. The third-order valence-corrected chi connectivity index (χ3v) is 3.93. The molecule has 0 aliphatic carbocycles. The second-order valence-corrected chi connectivity index (χ2v) is 5.92. The van der Waals surface area contributed by atoms with Gasteiger partial charge in [-0.1, -0.05) is 6.92 Å². The molecule has 0 fully saturated rings. The first-order valence-electron chi connectivity index (χ1n) is 8.40. The number of hydrogen-bond acceptors (Lipinski definition) is 4. The van der Waals surface area contributed by atoms with Crippen LogP contribution in [0.1, 0.15) is 18.2 Å². The molecule has 0 spiro atoms. The molecule has 3 rings (SSSR count). The molecule has 0 unspecified atom stereocenters. The van der Waals surface area contributed by atoms with Crippen LogP contribution >= 0.6 is 0 Å². The van der Waals surface area contributed by atoms with Crippen LogP contribution in [0.2, 0.25) is 0 Å². The van der Waals surface area contributed by atoms with E-state index in [1.165, 1.54) is 12.4 Å². The number of nitrogens with zero attached hydrogens (tertiary/aromatic N) is 3. The van der Waals surface area contributed by atoms with Crippen LogP contribution in [0.15, 0.2) is 42.7 Å². The Kier molecular flexibility index (Phi) is 5.54. The van der Waals surface area contributed by atoms with Crippen LogP contribution < -0.4 is 10.0 Å². The van der Waals surface area contributed by atoms with Gasteiger partial charge in [0, 0.05) is 36.0 Å². The van der Waals surface area contributed by atoms with Gasteiger partial charge in [0.1, 0.15) is 11.6 Å². The molecule has 2 heterocycles. The van der Waals surface area contributed by atoms with Gasteiger partial charge in [-0.3, -0.25) is 0 Å². The second-order valence-electron chi connectivity index (χ2n) is 5.92. The Labute approximate surface area is 154 Å². The molecule has 1 aromatic carbocycles. The van der Waals surface area contributed by atoms with E-state index in [-0.39, 0.29) is 11.4 Å². The first-order valence-corrected chi connectivity index (χ1v) is 8.40. The molecule has 5 nitrogen and oxygen atoms in total. The van der Waals surface area contributed by atoms with Crippen molar-refractivity contribution in [2.45, 2.75) is 19.8 Å². The van der Waals surface area contributed by atoms with Crippen molar-refractivity contribution in [3.8, 4) is 11.4 Å². The monoisotopic (exact) mass is 374 g/mol. The Morgan fingerprint density at radius 1 is 1.15 bits per heavy atom. The lowest BCUT2D eigenvalue weighted by atomic mass is 10.1. The van der Waals surface area contributed by atoms with Crippen molar-refractivity contribution in [1.82, 2.24) is 9.97 Å². The summed E-state index contributed by atoms with van der Waals surface area (Å²) in [6.45, 7) is 2.32. The molecular weight excluding hydrogens is 357 g/mol. The van der Waals surface area contributed by atoms with Gasteiger partial charge in [0.25, 0.3) is 0 Å². The largest absolute Gasteiger partial charge is 0.619 e. The molecule has 0 bridgehead atoms. The lowest BCUT2D eigenvalue weighted by Gasteiger charge is -2.10. The molecular formula is C19H17F3N4O. The van der Waals surface area contributed by atoms with E-state index in [1.807, 2.05) is 13.0 Å². The summed E-state index contributed by atoms with van der Waals surface area (Å²) < 4.78 is 41.8. The fourth-order valence-corrected chi connectivity index (χ4v) is 2.59. The van der Waals surface area contributed by atoms with Gasteiger partial charge >= 0.3 is 0 Å². The number of rotatable bonds is 6. The summed E-state index contributed by atoms with van der Waals surface area (Å²) in [4.78, 5) is 8.35. The average Bonchev–Trinajstić information content (AvgIpc) is 2.64. The molecule has 2 aromatic heterocycles. The van der Waals surface area contributed by atoms with Gasteiger partial charge in [-0.25, -0.2) is 23.1 Å². The standard InChI is InChI=1S/C19H17F3N4O/c1-2-14-10-17(23-6-5-12-4-3-7-26(27)11-12)25-19(24-14)15-8-13(20)9-16(21)18(15)22/h3-4,7-11H,2,5-6H2,1H3,(H,23,24,25). The first kappa shape index (κ1) is 18.6. The summed E-state index contributed by atoms with van der Waals surface area (Å²) in [5, 5.41) is 14.3. The Morgan fingerprint density at radius 3 is 2.70 bits per heavy atom. The normalized spacial score (nSPS) is 10.8. The molecule has 0 amide bonds. The van der Waals surface area contributed by atoms with Crippen LogP contribution in [0.3, 0.4) is 0 Å². The van der Waals surface area contributed by atoms with E-state index in [1.54, 1.807) is 12.1 Å². The van der Waals surface area contributed by atoms with Gasteiger partial charge in [0.05, 0.1) is 5.56 Å². The van der Waals surface area contributed by atoms with E-state index < -0.39 is 17.5 Å². The average molecular weight is 374 g/mol. The highest BCUT2D eigenvalue weighted by Gasteiger charge is 2.16. The fourth-order valence-electron chi connectivity index (χ4n) is 2.59. The molecule has 0 aliphatic heterocycles. The summed E-state index contributed by atoms with van der Waals surface area (Å²) in [5.74, 6) is -3.07. The van der Waals surface area contributed by atoms with Crippen molar-refractivity contribution in [3.63, 3.8) is 0 Å². The van der Waals surface area contributed by atoms with Crippen molar-refractivity contribution in [1.29, 1.82) is 0 Å². The lowest BCUT2D eigenvalue weighted by molar-refractivity contribution is -0.605. The third-order valence-electron chi connectivity index (χ3n) is 3.93. The molecule has 0 aliphatic rings. The highest BCUT2D eigenvalue weighted by Crippen LogP contribution is 2.24. The fraction of sp³-hybridized carbons (Fsp3) is 0.211. The van der Waals surface area contributed by atoms with Crippen LogP contribution in [0.5, 0.6) is 0 Å². The smallest absolute Gasteiger partial charge is 0.183 e. The molecule has 8 heteroatoms. The maximum atomic E-state index is 14.1. The van der Waals surface area contributed by atoms with Crippen molar-refractivity contribution >= 4 is 5.82 Å². The number of nitrogens with one attached hydrogen (secondary N) is 1. The molecule has 3 aromatic rings. The summed E-state index contributed by atoms with van der Waals surface area (Å²) in [7, 11) is 0. The highest BCUT2D eigenvalue weighted by molar-refractivity contribution is 5.59. The minimum Gasteiger partial charge on any atom is -0.619 e. The molecule has 1 N–H and O–H groups in total. The second kappa shape index (κ2) is 8.03. The van der Waals surface area contributed by atoms with Crippen molar-refractivity contribution in [2.75, 3.05) is 11.9 Å². The van der Waals surface area contributed by atoms with E-state index in [4.69, 9.17) is 0 Å². The van der Waals surface area contributed by atoms with E-state index >= 15 is 0 Å². The Morgan fingerprint density at radius 2 is 1.96 bits per heavy atom. The summed E-state index contributed by atoms with van der Waals surface area (Å²) >= 11 is 0. The van der Waals surface area contributed by atoms with Crippen LogP contribution in [0.25, 0.3) is 11.4 Å². The van der Waals surface area contributed by atoms with Gasteiger partial charge in [0.15, 0.2) is 29.9 Å². The zero-order valence-corrected chi connectivity index (χ0v) is 14.5. The van der Waals surface area contributed by atoms with E-state index in [9.17, 15) is 18.4 Å². The van der Waals surface area contributed by atoms with Gasteiger partial charge < -0.3 is 10.5 Å². The van der Waals surface area contributed by atoms with Gasteiger partial charge in [-0.2, -0.15) is 4.73 Å². The van der Waals surface area contributed by atoms with Crippen LogP contribution in [0.4, 0.5) is 19.0 Å². The lowest BCUT2D eigenvalue weighted by Crippen LogP contribution is -2.25. The maximum Gasteiger partial charge on any atom is 0.183 e. The predicted octanol–water partition coefficient (Wildman–Crippen LogP) is 3.41. The van der Waals surface area contributed by atoms with Crippen molar-refractivity contribution in [3.05, 3.63) is 76.6 Å². The Bertz CT molecular complexity index is 966. The van der Waals surface area contributed by atoms with Crippen LogP contribution in [-0.2, 0) is 12.8 Å². The van der Waals surface area contributed by atoms with Gasteiger partial charge in [0.2, 0.25) is 0 Å². The van der Waals surface area contributed by atoms with E-state index in [2.05, 4.69) is 15.3 Å². The van der Waals surface area contributed by atoms with Crippen LogP contribution in [-0.4, -0.2) is 16.5 Å². The number of benzene rings is 1. The SMILES string of the molecule is CCc1cc(NCCc2ccc[n+]([O-])c2)nc(-c2cc(F)cc(F)c2F)n1. The topological polar surface area (TPSA) is 64.8 Å². The first-order chi connectivity index (χ1) is 13.0. The zero-order chi connectivity index (χ0) is 19.4. The number of aromatic nitrogens is 3. The number of hydrogen-bond donors (Lipinski definition) is 1. The minimum atomic E-state index is -1.29. The summed E-state index contributed by atoms with van der Waals surface area (Å²) in [5.41, 5.74) is 1.10. The molecule has 0 saturated carbocycles. The predicted molar refractivity (Wildman–Crippen MR) is 94.3 cm³/mol. The highest BCUT2D eigenvalue weighted by atomic mass is 19.2. The third kappa shape index (κ3) is 4.52. The summed E-state index contributed by atoms with van der Waals surface area (Å²) in [6, 6.07) is 6.51. The zero-order valence-electron chi connectivity index (χ0n) is 14.5. The molecule has 0 atom stereocenters. The maximum absolute atomic E-state index is 14.1. The number of anilines is 1. The van der Waals surface area contributed by atoms with Crippen LogP contribution in [0, 0.1) is 22.7 Å². The van der Waals surface area contributed by atoms with Gasteiger partial charge in [-0.05, 0) is 25.0 Å².